The molecular formula is C23H32FN3O5S. The van der Waals surface area contributed by atoms with Crippen LogP contribution in [-0.4, -0.2) is 58.1 Å². The lowest BCUT2D eigenvalue weighted by Gasteiger charge is -2.29. The number of carbonyl (C=O) groups is 1. The second kappa shape index (κ2) is 12.0. The van der Waals surface area contributed by atoms with Gasteiger partial charge in [0, 0.05) is 19.2 Å². The normalized spacial score (nSPS) is 11.6. The third kappa shape index (κ3) is 7.99. The van der Waals surface area contributed by atoms with Gasteiger partial charge in [-0.05, 0) is 57.7 Å². The van der Waals surface area contributed by atoms with Gasteiger partial charge < -0.3 is 19.6 Å². The lowest BCUT2D eigenvalue weighted by molar-refractivity contribution is 0.0696. The molecule has 0 spiro atoms. The summed E-state index contributed by atoms with van der Waals surface area (Å²) in [6.45, 7) is 3.95. The van der Waals surface area contributed by atoms with E-state index in [1.165, 1.54) is 24.3 Å². The van der Waals surface area contributed by atoms with E-state index in [0.29, 0.717) is 13.1 Å². The van der Waals surface area contributed by atoms with Crippen LogP contribution in [0.5, 0.6) is 11.5 Å². The van der Waals surface area contributed by atoms with Crippen molar-refractivity contribution in [1.29, 1.82) is 0 Å². The maximum atomic E-state index is 13.8. The highest BCUT2D eigenvalue weighted by Gasteiger charge is 2.26. The maximum absolute atomic E-state index is 13.8. The molecule has 0 unspecified atom stereocenters. The van der Waals surface area contributed by atoms with Gasteiger partial charge in [0.05, 0.1) is 11.3 Å². The number of hydrogen-bond donors (Lipinski definition) is 2. The molecule has 3 N–H and O–H groups in total. The molecule has 0 aliphatic heterocycles. The molecule has 0 aliphatic rings. The molecule has 2 aromatic rings. The van der Waals surface area contributed by atoms with Crippen molar-refractivity contribution in [3.8, 4) is 11.5 Å². The zero-order valence-corrected chi connectivity index (χ0v) is 20.1. The molecule has 8 nitrogen and oxygen atoms in total. The molecule has 0 saturated carbocycles. The summed E-state index contributed by atoms with van der Waals surface area (Å²) in [7, 11) is -0.455. The van der Waals surface area contributed by atoms with Crippen LogP contribution < -0.4 is 14.8 Å². The molecule has 0 heterocycles. The molecule has 0 saturated heterocycles. The first kappa shape index (κ1) is 26.6. The van der Waals surface area contributed by atoms with Gasteiger partial charge in [-0.15, -0.1) is 0 Å². The van der Waals surface area contributed by atoms with Crippen LogP contribution in [-0.2, 0) is 10.0 Å². The SMILES string of the molecule is CCCCCN(CCCN(C)C)c1cc(C(=O)O)cc(S(N)(=O)=O)c1Oc1cccc(F)c1. The smallest absolute Gasteiger partial charge is 0.335 e. The van der Waals surface area contributed by atoms with E-state index in [1.807, 2.05) is 23.9 Å². The van der Waals surface area contributed by atoms with E-state index in [-0.39, 0.29) is 22.7 Å². The number of rotatable bonds is 13. The van der Waals surface area contributed by atoms with E-state index < -0.39 is 26.7 Å². The molecule has 2 rings (SSSR count). The molecule has 0 aliphatic carbocycles. The van der Waals surface area contributed by atoms with Crippen molar-refractivity contribution in [2.75, 3.05) is 38.6 Å². The number of unbranched alkanes of at least 4 members (excludes halogenated alkanes) is 2. The molecule has 0 bridgehead atoms. The van der Waals surface area contributed by atoms with Crippen LogP contribution in [0.1, 0.15) is 43.0 Å². The Morgan fingerprint density at radius 2 is 1.79 bits per heavy atom. The Morgan fingerprint density at radius 1 is 1.09 bits per heavy atom. The highest BCUT2D eigenvalue weighted by Crippen LogP contribution is 2.39. The lowest BCUT2D eigenvalue weighted by atomic mass is 10.1. The van der Waals surface area contributed by atoms with Crippen LogP contribution in [0.15, 0.2) is 41.3 Å². The number of nitrogens with two attached hydrogens (primary N) is 1. The van der Waals surface area contributed by atoms with E-state index >= 15 is 0 Å². The predicted octanol–water partition coefficient (Wildman–Crippen LogP) is 3.91. The number of anilines is 1. The minimum absolute atomic E-state index is 0.0750. The van der Waals surface area contributed by atoms with Gasteiger partial charge in [0.2, 0.25) is 10.0 Å². The van der Waals surface area contributed by atoms with Gasteiger partial charge in [0.15, 0.2) is 5.75 Å². The van der Waals surface area contributed by atoms with Crippen LogP contribution in [0.3, 0.4) is 0 Å². The van der Waals surface area contributed by atoms with Crippen molar-refractivity contribution in [2.45, 2.75) is 37.5 Å². The van der Waals surface area contributed by atoms with Gasteiger partial charge in [0.25, 0.3) is 0 Å². The zero-order chi connectivity index (χ0) is 24.6. The number of carboxylic acid groups (broad SMARTS) is 1. The van der Waals surface area contributed by atoms with Crippen LogP contribution in [0.2, 0.25) is 0 Å². The Bertz CT molecular complexity index is 1060. The summed E-state index contributed by atoms with van der Waals surface area (Å²) in [5.41, 5.74) is 0.0618. The predicted molar refractivity (Wildman–Crippen MR) is 126 cm³/mol. The van der Waals surface area contributed by atoms with E-state index in [4.69, 9.17) is 9.88 Å². The molecule has 182 valence electrons. The largest absolute Gasteiger partial charge is 0.478 e. The topological polar surface area (TPSA) is 113 Å². The molecular weight excluding hydrogens is 449 g/mol. The summed E-state index contributed by atoms with van der Waals surface area (Å²) in [5, 5.41) is 15.1. The summed E-state index contributed by atoms with van der Waals surface area (Å²) in [6, 6.07) is 7.63. The Kier molecular flexibility index (Phi) is 9.63. The summed E-state index contributed by atoms with van der Waals surface area (Å²) in [6.07, 6.45) is 3.50. The number of hydrogen-bond acceptors (Lipinski definition) is 6. The van der Waals surface area contributed by atoms with Crippen molar-refractivity contribution in [3.05, 3.63) is 47.8 Å². The maximum Gasteiger partial charge on any atom is 0.335 e. The van der Waals surface area contributed by atoms with Crippen molar-refractivity contribution >= 4 is 21.7 Å². The van der Waals surface area contributed by atoms with E-state index in [2.05, 4.69) is 6.92 Å². The number of sulfonamides is 1. The highest BCUT2D eigenvalue weighted by molar-refractivity contribution is 7.89. The number of ether oxygens (including phenoxy) is 1. The van der Waals surface area contributed by atoms with Gasteiger partial charge in [-0.3, -0.25) is 0 Å². The Morgan fingerprint density at radius 3 is 2.36 bits per heavy atom. The van der Waals surface area contributed by atoms with Gasteiger partial charge in [-0.2, -0.15) is 0 Å². The first-order valence-corrected chi connectivity index (χ1v) is 12.3. The van der Waals surface area contributed by atoms with Crippen molar-refractivity contribution in [2.24, 2.45) is 5.14 Å². The number of nitrogens with zero attached hydrogens (tertiary/aromatic N) is 2. The van der Waals surface area contributed by atoms with E-state index in [1.54, 1.807) is 0 Å². The van der Waals surface area contributed by atoms with Crippen LogP contribution in [0.25, 0.3) is 0 Å². The van der Waals surface area contributed by atoms with Gasteiger partial charge >= 0.3 is 5.97 Å². The molecule has 0 radical (unpaired) electrons. The quantitative estimate of drug-likeness (QED) is 0.417. The van der Waals surface area contributed by atoms with Gasteiger partial charge in [0.1, 0.15) is 16.5 Å². The van der Waals surface area contributed by atoms with E-state index in [0.717, 1.165) is 44.4 Å². The molecule has 33 heavy (non-hydrogen) atoms. The number of benzene rings is 2. The minimum Gasteiger partial charge on any atom is -0.478 e. The fourth-order valence-corrected chi connectivity index (χ4v) is 4.09. The average Bonchev–Trinajstić information content (AvgIpc) is 2.71. The first-order valence-electron chi connectivity index (χ1n) is 10.8. The minimum atomic E-state index is -4.35. The number of aromatic carboxylic acids is 1. The van der Waals surface area contributed by atoms with Gasteiger partial charge in [-0.1, -0.05) is 25.8 Å². The second-order valence-electron chi connectivity index (χ2n) is 8.08. The number of carboxylic acids is 1. The third-order valence-corrected chi connectivity index (χ3v) is 5.93. The summed E-state index contributed by atoms with van der Waals surface area (Å²) >= 11 is 0. The summed E-state index contributed by atoms with van der Waals surface area (Å²) in [5.74, 6) is -1.89. The molecule has 0 amide bonds. The zero-order valence-electron chi connectivity index (χ0n) is 19.3. The highest BCUT2D eigenvalue weighted by atomic mass is 32.2. The number of halogens is 1. The van der Waals surface area contributed by atoms with Crippen LogP contribution in [0.4, 0.5) is 10.1 Å². The Balaban J connectivity index is 2.66. The molecule has 0 fully saturated rings. The van der Waals surface area contributed by atoms with Crippen molar-refractivity contribution in [3.63, 3.8) is 0 Å². The number of primary sulfonamides is 1. The van der Waals surface area contributed by atoms with E-state index in [9.17, 15) is 22.7 Å². The summed E-state index contributed by atoms with van der Waals surface area (Å²) < 4.78 is 44.5. The van der Waals surface area contributed by atoms with Crippen molar-refractivity contribution in [1.82, 2.24) is 4.90 Å². The standard InChI is InChI=1S/C23H32FN3O5S/c1-4-5-6-12-27(13-8-11-26(2)3)20-14-17(23(28)29)15-21(33(25,30)31)22(20)32-19-10-7-9-18(24)16-19/h7,9-10,14-16H,4-6,8,11-13H2,1-3H3,(H,28,29)(H2,25,30,31). The van der Waals surface area contributed by atoms with Crippen LogP contribution >= 0.6 is 0 Å². The molecule has 0 aromatic heterocycles. The molecule has 10 heteroatoms. The third-order valence-electron chi connectivity index (χ3n) is 5.01. The van der Waals surface area contributed by atoms with Gasteiger partial charge in [-0.25, -0.2) is 22.7 Å². The fraction of sp³-hybridized carbons (Fsp3) is 0.435. The lowest BCUT2D eigenvalue weighted by Crippen LogP contribution is -2.29. The first-order chi connectivity index (χ1) is 15.5. The Labute approximate surface area is 194 Å². The monoisotopic (exact) mass is 481 g/mol. The second-order valence-corrected chi connectivity index (χ2v) is 9.61. The Hall–Kier alpha value is -2.69. The summed E-state index contributed by atoms with van der Waals surface area (Å²) in [4.78, 5) is 15.3. The fourth-order valence-electron chi connectivity index (χ4n) is 3.39. The van der Waals surface area contributed by atoms with Crippen LogP contribution in [0, 0.1) is 5.82 Å². The van der Waals surface area contributed by atoms with Crippen molar-refractivity contribution < 1.29 is 27.4 Å². The average molecular weight is 482 g/mol. The molecule has 0 atom stereocenters. The molecule has 2 aromatic carbocycles.